The third kappa shape index (κ3) is 1.67. The molecule has 0 spiro atoms. The number of anilines is 1. The van der Waals surface area contributed by atoms with Gasteiger partial charge in [0.1, 0.15) is 11.9 Å². The van der Waals surface area contributed by atoms with E-state index in [0.717, 1.165) is 55.0 Å². The molecule has 2 fully saturated rings. The molecular formula is C13H16N4. The minimum atomic E-state index is 0.726. The van der Waals surface area contributed by atoms with Crippen LogP contribution < -0.4 is 10.2 Å². The second kappa shape index (κ2) is 4.01. The van der Waals surface area contributed by atoms with Gasteiger partial charge in [0.05, 0.1) is 5.56 Å². The van der Waals surface area contributed by atoms with Crippen molar-refractivity contribution in [3.63, 3.8) is 0 Å². The molecule has 0 saturated carbocycles. The summed E-state index contributed by atoms with van der Waals surface area (Å²) in [5, 5.41) is 12.7. The van der Waals surface area contributed by atoms with E-state index in [0.29, 0.717) is 0 Å². The predicted octanol–water partition coefficient (Wildman–Crippen LogP) is 0.917. The van der Waals surface area contributed by atoms with Crippen LogP contribution in [0.1, 0.15) is 11.1 Å². The van der Waals surface area contributed by atoms with E-state index < -0.39 is 0 Å². The van der Waals surface area contributed by atoms with Crippen molar-refractivity contribution in [2.24, 2.45) is 11.8 Å². The van der Waals surface area contributed by atoms with E-state index in [4.69, 9.17) is 0 Å². The SMILES string of the molecule is Cc1ccnc(N2CC3CNCC3C2)c1C#N. The highest BCUT2D eigenvalue weighted by Crippen LogP contribution is 2.31. The summed E-state index contributed by atoms with van der Waals surface area (Å²) in [4.78, 5) is 6.68. The minimum absolute atomic E-state index is 0.726. The Kier molecular flexibility index (Phi) is 2.49. The van der Waals surface area contributed by atoms with Gasteiger partial charge in [0.2, 0.25) is 0 Å². The van der Waals surface area contributed by atoms with Crippen molar-refractivity contribution in [2.75, 3.05) is 31.1 Å². The average molecular weight is 228 g/mol. The van der Waals surface area contributed by atoms with E-state index in [1.165, 1.54) is 0 Å². The van der Waals surface area contributed by atoms with Gasteiger partial charge in [0, 0.05) is 32.4 Å². The van der Waals surface area contributed by atoms with Crippen molar-refractivity contribution < 1.29 is 0 Å². The molecule has 0 bridgehead atoms. The molecule has 0 amide bonds. The maximum Gasteiger partial charge on any atom is 0.146 e. The first-order valence-electron chi connectivity index (χ1n) is 6.11. The highest BCUT2D eigenvalue weighted by Gasteiger charge is 2.37. The van der Waals surface area contributed by atoms with Crippen LogP contribution in [0.5, 0.6) is 0 Å². The molecule has 0 aliphatic carbocycles. The molecule has 2 unspecified atom stereocenters. The maximum atomic E-state index is 9.23. The van der Waals surface area contributed by atoms with Gasteiger partial charge >= 0.3 is 0 Å². The minimum Gasteiger partial charge on any atom is -0.355 e. The van der Waals surface area contributed by atoms with E-state index in [9.17, 15) is 5.26 Å². The lowest BCUT2D eigenvalue weighted by Gasteiger charge is -2.20. The van der Waals surface area contributed by atoms with Crippen molar-refractivity contribution in [1.29, 1.82) is 5.26 Å². The molecule has 2 aliphatic heterocycles. The van der Waals surface area contributed by atoms with Crippen molar-refractivity contribution in [3.05, 3.63) is 23.4 Å². The zero-order chi connectivity index (χ0) is 11.8. The fourth-order valence-electron chi connectivity index (χ4n) is 2.95. The summed E-state index contributed by atoms with van der Waals surface area (Å²) in [5.74, 6) is 2.33. The Morgan fingerprint density at radius 2 is 2.12 bits per heavy atom. The summed E-state index contributed by atoms with van der Waals surface area (Å²) in [5.41, 5.74) is 1.76. The first-order valence-corrected chi connectivity index (χ1v) is 6.11. The first-order chi connectivity index (χ1) is 8.29. The van der Waals surface area contributed by atoms with Gasteiger partial charge in [-0.05, 0) is 30.4 Å². The van der Waals surface area contributed by atoms with Crippen LogP contribution in [0.4, 0.5) is 5.82 Å². The van der Waals surface area contributed by atoms with Gasteiger partial charge in [-0.15, -0.1) is 0 Å². The van der Waals surface area contributed by atoms with E-state index in [1.54, 1.807) is 6.20 Å². The van der Waals surface area contributed by atoms with Gasteiger partial charge in [-0.3, -0.25) is 0 Å². The largest absolute Gasteiger partial charge is 0.355 e. The van der Waals surface area contributed by atoms with Gasteiger partial charge in [0.15, 0.2) is 0 Å². The van der Waals surface area contributed by atoms with Crippen LogP contribution in [0.3, 0.4) is 0 Å². The number of pyridine rings is 1. The Labute approximate surface area is 101 Å². The molecule has 3 rings (SSSR count). The van der Waals surface area contributed by atoms with Crippen LogP contribution in [0, 0.1) is 30.1 Å². The topological polar surface area (TPSA) is 52.0 Å². The Bertz CT molecular complexity index is 465. The molecule has 2 aliphatic rings. The molecule has 1 N–H and O–H groups in total. The second-order valence-corrected chi connectivity index (χ2v) is 5.02. The van der Waals surface area contributed by atoms with Crippen LogP contribution in [-0.2, 0) is 0 Å². The molecule has 2 atom stereocenters. The van der Waals surface area contributed by atoms with Crippen molar-refractivity contribution in [3.8, 4) is 6.07 Å². The number of nitrogens with zero attached hydrogens (tertiary/aromatic N) is 3. The van der Waals surface area contributed by atoms with Crippen molar-refractivity contribution in [1.82, 2.24) is 10.3 Å². The van der Waals surface area contributed by atoms with E-state index in [1.807, 2.05) is 13.0 Å². The predicted molar refractivity (Wildman–Crippen MR) is 65.8 cm³/mol. The van der Waals surface area contributed by atoms with Crippen LogP contribution in [-0.4, -0.2) is 31.2 Å². The lowest BCUT2D eigenvalue weighted by molar-refractivity contribution is 0.533. The normalized spacial score (nSPS) is 26.9. The smallest absolute Gasteiger partial charge is 0.146 e. The van der Waals surface area contributed by atoms with Crippen LogP contribution >= 0.6 is 0 Å². The summed E-state index contributed by atoms with van der Waals surface area (Å²) >= 11 is 0. The molecule has 3 heterocycles. The number of hydrogen-bond acceptors (Lipinski definition) is 4. The lowest BCUT2D eigenvalue weighted by Crippen LogP contribution is -2.27. The van der Waals surface area contributed by atoms with Gasteiger partial charge < -0.3 is 10.2 Å². The average Bonchev–Trinajstić information content (AvgIpc) is 2.88. The van der Waals surface area contributed by atoms with Crippen LogP contribution in [0.15, 0.2) is 12.3 Å². The Balaban J connectivity index is 1.91. The molecule has 0 radical (unpaired) electrons. The second-order valence-electron chi connectivity index (χ2n) is 5.02. The molecule has 4 heteroatoms. The van der Waals surface area contributed by atoms with Gasteiger partial charge in [-0.1, -0.05) is 0 Å². The summed E-state index contributed by atoms with van der Waals surface area (Å²) in [6, 6.07) is 4.19. The van der Waals surface area contributed by atoms with Crippen molar-refractivity contribution >= 4 is 5.82 Å². The van der Waals surface area contributed by atoms with E-state index in [-0.39, 0.29) is 0 Å². The Morgan fingerprint density at radius 3 is 2.76 bits per heavy atom. The summed E-state index contributed by atoms with van der Waals surface area (Å²) in [6.45, 7) is 6.25. The monoisotopic (exact) mass is 228 g/mol. The quantitative estimate of drug-likeness (QED) is 0.776. The maximum absolute atomic E-state index is 9.23. The first kappa shape index (κ1) is 10.5. The molecule has 0 aromatic carbocycles. The summed E-state index contributed by atoms with van der Waals surface area (Å²) < 4.78 is 0. The summed E-state index contributed by atoms with van der Waals surface area (Å²) in [6.07, 6.45) is 1.80. The highest BCUT2D eigenvalue weighted by molar-refractivity contribution is 5.57. The van der Waals surface area contributed by atoms with Crippen molar-refractivity contribution in [2.45, 2.75) is 6.92 Å². The summed E-state index contributed by atoms with van der Waals surface area (Å²) in [7, 11) is 0. The van der Waals surface area contributed by atoms with Gasteiger partial charge in [0.25, 0.3) is 0 Å². The number of hydrogen-bond donors (Lipinski definition) is 1. The van der Waals surface area contributed by atoms with Gasteiger partial charge in [-0.25, -0.2) is 4.98 Å². The third-order valence-electron chi connectivity index (χ3n) is 3.94. The molecular weight excluding hydrogens is 212 g/mol. The molecule has 88 valence electrons. The standard InChI is InChI=1S/C13H16N4/c1-9-2-3-16-13(12(9)4-14)17-7-10-5-15-6-11(10)8-17/h2-3,10-11,15H,5-8H2,1H3. The molecule has 4 nitrogen and oxygen atoms in total. The zero-order valence-electron chi connectivity index (χ0n) is 9.98. The zero-order valence-corrected chi connectivity index (χ0v) is 9.98. The fourth-order valence-corrected chi connectivity index (χ4v) is 2.95. The van der Waals surface area contributed by atoms with E-state index in [2.05, 4.69) is 21.3 Å². The highest BCUT2D eigenvalue weighted by atomic mass is 15.2. The number of aromatic nitrogens is 1. The lowest BCUT2D eigenvalue weighted by atomic mass is 10.0. The molecule has 2 saturated heterocycles. The molecule has 17 heavy (non-hydrogen) atoms. The van der Waals surface area contributed by atoms with Crippen LogP contribution in [0.2, 0.25) is 0 Å². The number of rotatable bonds is 1. The fraction of sp³-hybridized carbons (Fsp3) is 0.538. The number of aryl methyl sites for hydroxylation is 1. The number of fused-ring (bicyclic) bond motifs is 1. The molecule has 1 aromatic rings. The number of nitrogens with one attached hydrogen (secondary N) is 1. The number of nitriles is 1. The third-order valence-corrected chi connectivity index (χ3v) is 3.94. The van der Waals surface area contributed by atoms with E-state index >= 15 is 0 Å². The molecule has 1 aromatic heterocycles. The Hall–Kier alpha value is -1.60. The van der Waals surface area contributed by atoms with Gasteiger partial charge in [-0.2, -0.15) is 5.26 Å². The van der Waals surface area contributed by atoms with Crippen LogP contribution in [0.25, 0.3) is 0 Å². The Morgan fingerprint density at radius 1 is 1.41 bits per heavy atom.